The van der Waals surface area contributed by atoms with Gasteiger partial charge in [-0.1, -0.05) is 50.1 Å². The van der Waals surface area contributed by atoms with Crippen LogP contribution in [-0.4, -0.2) is 0 Å². The van der Waals surface area contributed by atoms with E-state index in [0.29, 0.717) is 5.92 Å². The second-order valence-corrected chi connectivity index (χ2v) is 8.81. The highest BCUT2D eigenvalue weighted by atomic mass is 16.3. The van der Waals surface area contributed by atoms with Gasteiger partial charge in [-0.05, 0) is 67.3 Å². The summed E-state index contributed by atoms with van der Waals surface area (Å²) in [5, 5.41) is 4.60. The number of hydrogen-bond acceptors (Lipinski definition) is 2. The van der Waals surface area contributed by atoms with Gasteiger partial charge in [-0.3, -0.25) is 0 Å². The van der Waals surface area contributed by atoms with E-state index in [4.69, 9.17) is 8.83 Å². The standard InChI is InChI=1S/C27H26O2/c1-2-5-17-8-10-18(11-9-17)19-12-13-21-23-16-26-22(15-27(23)29-25(21)14-19)20-6-3-4-7-24(20)28-26/h3-4,6-7,12-18H,2,5,8-11H2,1H3. The SMILES string of the molecule is CCCC1CCC(c2ccc3c(c2)oc2cc4c(cc23)oc2ccccc24)CC1. The summed E-state index contributed by atoms with van der Waals surface area (Å²) in [7, 11) is 0. The minimum atomic E-state index is 0.681. The highest BCUT2D eigenvalue weighted by Crippen LogP contribution is 2.41. The third-order valence-electron chi connectivity index (χ3n) is 7.01. The van der Waals surface area contributed by atoms with Crippen molar-refractivity contribution in [2.24, 2.45) is 5.92 Å². The Bertz CT molecular complexity index is 1330. The van der Waals surface area contributed by atoms with Crippen LogP contribution in [0.1, 0.15) is 56.9 Å². The van der Waals surface area contributed by atoms with Crippen LogP contribution >= 0.6 is 0 Å². The Hall–Kier alpha value is -2.74. The maximum Gasteiger partial charge on any atom is 0.136 e. The van der Waals surface area contributed by atoms with E-state index in [1.807, 2.05) is 12.1 Å². The first kappa shape index (κ1) is 17.1. The van der Waals surface area contributed by atoms with Crippen LogP contribution in [0.25, 0.3) is 43.9 Å². The maximum absolute atomic E-state index is 6.33. The van der Waals surface area contributed by atoms with Crippen LogP contribution in [0.5, 0.6) is 0 Å². The smallest absolute Gasteiger partial charge is 0.136 e. The summed E-state index contributed by atoms with van der Waals surface area (Å²) >= 11 is 0. The highest BCUT2D eigenvalue weighted by molar-refractivity contribution is 6.14. The quantitative estimate of drug-likeness (QED) is 0.312. The fourth-order valence-electron chi connectivity index (χ4n) is 5.46. The zero-order valence-electron chi connectivity index (χ0n) is 16.9. The van der Waals surface area contributed by atoms with Gasteiger partial charge in [-0.2, -0.15) is 0 Å². The zero-order chi connectivity index (χ0) is 19.4. The molecule has 1 fully saturated rings. The third-order valence-corrected chi connectivity index (χ3v) is 7.01. The number of rotatable bonds is 3. The topological polar surface area (TPSA) is 26.3 Å². The molecule has 0 atom stereocenters. The average Bonchev–Trinajstić information content (AvgIpc) is 3.29. The maximum atomic E-state index is 6.33. The fourth-order valence-corrected chi connectivity index (χ4v) is 5.46. The molecule has 0 spiro atoms. The summed E-state index contributed by atoms with van der Waals surface area (Å²) in [5.41, 5.74) is 5.26. The molecule has 1 aliphatic carbocycles. The van der Waals surface area contributed by atoms with Crippen molar-refractivity contribution in [2.45, 2.75) is 51.4 Å². The van der Waals surface area contributed by atoms with Crippen molar-refractivity contribution in [3.05, 3.63) is 60.2 Å². The van der Waals surface area contributed by atoms with E-state index in [9.17, 15) is 0 Å². The Kier molecular flexibility index (Phi) is 3.94. The van der Waals surface area contributed by atoms with Crippen LogP contribution in [0.15, 0.2) is 63.4 Å². The molecule has 2 heterocycles. The van der Waals surface area contributed by atoms with Crippen LogP contribution in [0.4, 0.5) is 0 Å². The van der Waals surface area contributed by atoms with Crippen molar-refractivity contribution in [1.29, 1.82) is 0 Å². The molecule has 146 valence electrons. The molecule has 0 saturated heterocycles. The lowest BCUT2D eigenvalue weighted by Crippen LogP contribution is -2.13. The van der Waals surface area contributed by atoms with E-state index >= 15 is 0 Å². The summed E-state index contributed by atoms with van der Waals surface area (Å²) in [6.07, 6.45) is 8.09. The van der Waals surface area contributed by atoms with Gasteiger partial charge < -0.3 is 8.83 Å². The summed E-state index contributed by atoms with van der Waals surface area (Å²) in [5.74, 6) is 1.62. The molecule has 0 amide bonds. The number of benzene rings is 3. The number of fused-ring (bicyclic) bond motifs is 6. The molecular weight excluding hydrogens is 356 g/mol. The lowest BCUT2D eigenvalue weighted by molar-refractivity contribution is 0.308. The Labute approximate surface area is 170 Å². The van der Waals surface area contributed by atoms with Crippen LogP contribution in [-0.2, 0) is 0 Å². The second kappa shape index (κ2) is 6.66. The Balaban J connectivity index is 1.41. The predicted molar refractivity (Wildman–Crippen MR) is 121 cm³/mol. The summed E-state index contributed by atoms with van der Waals surface area (Å²) < 4.78 is 12.4. The molecule has 2 nitrogen and oxygen atoms in total. The molecule has 5 aromatic rings. The largest absolute Gasteiger partial charge is 0.456 e. The van der Waals surface area contributed by atoms with Gasteiger partial charge in [-0.15, -0.1) is 0 Å². The molecule has 29 heavy (non-hydrogen) atoms. The number of hydrogen-bond donors (Lipinski definition) is 0. The van der Waals surface area contributed by atoms with Gasteiger partial charge in [0.15, 0.2) is 0 Å². The van der Waals surface area contributed by atoms with E-state index in [-0.39, 0.29) is 0 Å². The lowest BCUT2D eigenvalue weighted by Gasteiger charge is -2.28. The van der Waals surface area contributed by atoms with E-state index < -0.39 is 0 Å². The minimum absolute atomic E-state index is 0.681. The number of para-hydroxylation sites is 1. The van der Waals surface area contributed by atoms with E-state index in [0.717, 1.165) is 44.4 Å². The van der Waals surface area contributed by atoms with Crippen molar-refractivity contribution in [3.63, 3.8) is 0 Å². The van der Waals surface area contributed by atoms with E-state index in [1.54, 1.807) is 0 Å². The van der Waals surface area contributed by atoms with Crippen LogP contribution in [0.2, 0.25) is 0 Å². The molecule has 1 saturated carbocycles. The van der Waals surface area contributed by atoms with Gasteiger partial charge in [0.1, 0.15) is 22.3 Å². The van der Waals surface area contributed by atoms with Gasteiger partial charge in [0.2, 0.25) is 0 Å². The van der Waals surface area contributed by atoms with Gasteiger partial charge >= 0.3 is 0 Å². The summed E-state index contributed by atoms with van der Waals surface area (Å²) in [6.45, 7) is 2.31. The van der Waals surface area contributed by atoms with Gasteiger partial charge in [-0.25, -0.2) is 0 Å². The van der Waals surface area contributed by atoms with Crippen molar-refractivity contribution in [2.75, 3.05) is 0 Å². The molecule has 0 N–H and O–H groups in total. The van der Waals surface area contributed by atoms with Crippen LogP contribution in [0, 0.1) is 5.92 Å². The first-order chi connectivity index (χ1) is 14.3. The van der Waals surface area contributed by atoms with Crippen LogP contribution in [0.3, 0.4) is 0 Å². The molecule has 3 aromatic carbocycles. The molecule has 0 unspecified atom stereocenters. The molecule has 0 radical (unpaired) electrons. The average molecular weight is 383 g/mol. The molecule has 0 aliphatic heterocycles. The van der Waals surface area contributed by atoms with Gasteiger partial charge in [0.25, 0.3) is 0 Å². The number of furan rings is 2. The molecule has 0 bridgehead atoms. The lowest BCUT2D eigenvalue weighted by atomic mass is 9.77. The molecular formula is C27H26O2. The summed E-state index contributed by atoms with van der Waals surface area (Å²) in [6, 6.07) is 19.4. The minimum Gasteiger partial charge on any atom is -0.456 e. The van der Waals surface area contributed by atoms with Crippen molar-refractivity contribution in [3.8, 4) is 0 Å². The van der Waals surface area contributed by atoms with E-state index in [2.05, 4.69) is 49.4 Å². The predicted octanol–water partition coefficient (Wildman–Crippen LogP) is 8.56. The normalized spacial score (nSPS) is 20.3. The summed E-state index contributed by atoms with van der Waals surface area (Å²) in [4.78, 5) is 0. The fraction of sp³-hybridized carbons (Fsp3) is 0.333. The molecule has 6 rings (SSSR count). The molecule has 2 heteroatoms. The third kappa shape index (κ3) is 2.77. The zero-order valence-corrected chi connectivity index (χ0v) is 16.9. The van der Waals surface area contributed by atoms with Crippen LogP contribution < -0.4 is 0 Å². The highest BCUT2D eigenvalue weighted by Gasteiger charge is 2.22. The Morgan fingerprint density at radius 2 is 1.34 bits per heavy atom. The van der Waals surface area contributed by atoms with Crippen molar-refractivity contribution < 1.29 is 8.83 Å². The first-order valence-corrected chi connectivity index (χ1v) is 11.1. The van der Waals surface area contributed by atoms with Crippen molar-refractivity contribution >= 4 is 43.9 Å². The van der Waals surface area contributed by atoms with Gasteiger partial charge in [0, 0.05) is 21.5 Å². The Morgan fingerprint density at radius 3 is 2.10 bits per heavy atom. The van der Waals surface area contributed by atoms with Crippen molar-refractivity contribution in [1.82, 2.24) is 0 Å². The Morgan fingerprint density at radius 1 is 0.690 bits per heavy atom. The second-order valence-electron chi connectivity index (χ2n) is 8.81. The molecule has 2 aromatic heterocycles. The monoisotopic (exact) mass is 382 g/mol. The molecule has 1 aliphatic rings. The van der Waals surface area contributed by atoms with Gasteiger partial charge in [0.05, 0.1) is 0 Å². The van der Waals surface area contributed by atoms with E-state index in [1.165, 1.54) is 49.5 Å². The first-order valence-electron chi connectivity index (χ1n) is 11.1.